The van der Waals surface area contributed by atoms with E-state index in [1.54, 1.807) is 32.9 Å². The Labute approximate surface area is 137 Å². The number of piperidine rings is 1. The number of hydrogen-bond donors (Lipinski definition) is 1. The third kappa shape index (κ3) is 4.90. The Hall–Kier alpha value is -1.67. The van der Waals surface area contributed by atoms with Gasteiger partial charge in [-0.05, 0) is 45.7 Å². The number of ether oxygens (including phenoxy) is 1. The van der Waals surface area contributed by atoms with Crippen LogP contribution in [0.3, 0.4) is 0 Å². The summed E-state index contributed by atoms with van der Waals surface area (Å²) >= 11 is 0. The zero-order valence-electron chi connectivity index (χ0n) is 13.7. The number of carbonyl (C=O) groups excluding carboxylic acids is 1. The fourth-order valence-corrected chi connectivity index (χ4v) is 3.75. The van der Waals surface area contributed by atoms with Crippen LogP contribution in [0, 0.1) is 0 Å². The molecule has 8 heteroatoms. The molecule has 0 atom stereocenters. The molecule has 1 N–H and O–H groups in total. The van der Waals surface area contributed by atoms with Crippen LogP contribution in [0.2, 0.25) is 0 Å². The summed E-state index contributed by atoms with van der Waals surface area (Å²) in [6, 6.07) is 4.73. The van der Waals surface area contributed by atoms with Gasteiger partial charge in [-0.25, -0.2) is 18.2 Å². The van der Waals surface area contributed by atoms with E-state index in [0.717, 1.165) is 0 Å². The van der Waals surface area contributed by atoms with Crippen LogP contribution in [-0.4, -0.2) is 48.5 Å². The van der Waals surface area contributed by atoms with Gasteiger partial charge in [0.05, 0.1) is 0 Å². The molecule has 0 aromatic carbocycles. The van der Waals surface area contributed by atoms with E-state index < -0.39 is 21.7 Å². The van der Waals surface area contributed by atoms with Crippen molar-refractivity contribution in [2.75, 3.05) is 13.1 Å². The highest BCUT2D eigenvalue weighted by molar-refractivity contribution is 7.89. The zero-order chi connectivity index (χ0) is 17.1. The molecular formula is C15H23N3O4S. The first-order valence-electron chi connectivity index (χ1n) is 7.59. The second-order valence-corrected chi connectivity index (χ2v) is 8.38. The van der Waals surface area contributed by atoms with Gasteiger partial charge in [0.1, 0.15) is 5.60 Å². The van der Waals surface area contributed by atoms with Gasteiger partial charge in [-0.1, -0.05) is 6.07 Å². The number of aromatic nitrogens is 1. The molecule has 128 valence electrons. The van der Waals surface area contributed by atoms with Crippen LogP contribution in [0.15, 0.2) is 29.4 Å². The van der Waals surface area contributed by atoms with Crippen molar-refractivity contribution < 1.29 is 17.9 Å². The fourth-order valence-electron chi connectivity index (χ4n) is 2.35. The highest BCUT2D eigenvalue weighted by atomic mass is 32.2. The molecule has 23 heavy (non-hydrogen) atoms. The van der Waals surface area contributed by atoms with Gasteiger partial charge >= 0.3 is 6.09 Å². The molecule has 1 fully saturated rings. The van der Waals surface area contributed by atoms with Gasteiger partial charge in [0, 0.05) is 25.3 Å². The Morgan fingerprint density at radius 2 is 1.96 bits per heavy atom. The minimum atomic E-state index is -3.56. The van der Waals surface area contributed by atoms with E-state index in [9.17, 15) is 13.2 Å². The summed E-state index contributed by atoms with van der Waals surface area (Å²) in [5.74, 6) is 0. The third-order valence-corrected chi connectivity index (χ3v) is 5.23. The third-order valence-electron chi connectivity index (χ3n) is 3.42. The van der Waals surface area contributed by atoms with E-state index >= 15 is 0 Å². The molecular weight excluding hydrogens is 318 g/mol. The van der Waals surface area contributed by atoms with Gasteiger partial charge in [0.25, 0.3) is 10.0 Å². The molecule has 7 nitrogen and oxygen atoms in total. The van der Waals surface area contributed by atoms with Crippen LogP contribution in [0.4, 0.5) is 4.79 Å². The van der Waals surface area contributed by atoms with Crippen LogP contribution >= 0.6 is 0 Å². The number of rotatable bonds is 3. The van der Waals surface area contributed by atoms with Crippen molar-refractivity contribution >= 4 is 16.1 Å². The highest BCUT2D eigenvalue weighted by Crippen LogP contribution is 2.19. The van der Waals surface area contributed by atoms with Gasteiger partial charge in [-0.15, -0.1) is 0 Å². The number of carbonyl (C=O) groups is 1. The monoisotopic (exact) mass is 341 g/mol. The van der Waals surface area contributed by atoms with Crippen LogP contribution < -0.4 is 5.32 Å². The average molecular weight is 341 g/mol. The van der Waals surface area contributed by atoms with Crippen molar-refractivity contribution in [2.24, 2.45) is 0 Å². The summed E-state index contributed by atoms with van der Waals surface area (Å²) in [5, 5.41) is 2.84. The molecule has 0 saturated carbocycles. The Kier molecular flexibility index (Phi) is 5.26. The van der Waals surface area contributed by atoms with Crippen molar-refractivity contribution in [3.63, 3.8) is 0 Å². The molecule has 2 heterocycles. The number of amides is 1. The number of nitrogens with one attached hydrogen (secondary N) is 1. The molecule has 0 aliphatic carbocycles. The smallest absolute Gasteiger partial charge is 0.407 e. The summed E-state index contributed by atoms with van der Waals surface area (Å²) < 4.78 is 31.5. The minimum absolute atomic E-state index is 0.0542. The number of alkyl carbamates (subject to hydrolysis) is 1. The first-order chi connectivity index (χ1) is 10.7. The lowest BCUT2D eigenvalue weighted by Crippen LogP contribution is -2.47. The summed E-state index contributed by atoms with van der Waals surface area (Å²) in [4.78, 5) is 15.7. The fraction of sp³-hybridized carbons (Fsp3) is 0.600. The van der Waals surface area contributed by atoms with Crippen molar-refractivity contribution in [3.05, 3.63) is 24.4 Å². The molecule has 1 aromatic heterocycles. The Balaban J connectivity index is 1.90. The summed E-state index contributed by atoms with van der Waals surface area (Å²) in [7, 11) is -3.56. The molecule has 1 saturated heterocycles. The van der Waals surface area contributed by atoms with Crippen molar-refractivity contribution in [2.45, 2.75) is 50.3 Å². The lowest BCUT2D eigenvalue weighted by Gasteiger charge is -2.31. The normalized spacial score (nSPS) is 17.7. The SMILES string of the molecule is CC(C)(C)OC(=O)NC1CCN(S(=O)(=O)c2ccccn2)CC1. The minimum Gasteiger partial charge on any atom is -0.444 e. The number of pyridine rings is 1. The maximum Gasteiger partial charge on any atom is 0.407 e. The predicted molar refractivity (Wildman–Crippen MR) is 85.4 cm³/mol. The average Bonchev–Trinajstić information content (AvgIpc) is 2.46. The molecule has 0 spiro atoms. The molecule has 2 rings (SSSR count). The maximum absolute atomic E-state index is 12.5. The van der Waals surface area contributed by atoms with Gasteiger partial charge < -0.3 is 10.1 Å². The molecule has 0 unspecified atom stereocenters. The highest BCUT2D eigenvalue weighted by Gasteiger charge is 2.31. The first-order valence-corrected chi connectivity index (χ1v) is 9.03. The topological polar surface area (TPSA) is 88.6 Å². The quantitative estimate of drug-likeness (QED) is 0.905. The summed E-state index contributed by atoms with van der Waals surface area (Å²) in [5.41, 5.74) is -0.549. The molecule has 1 aliphatic rings. The lowest BCUT2D eigenvalue weighted by atomic mass is 10.1. The van der Waals surface area contributed by atoms with Crippen LogP contribution in [0.1, 0.15) is 33.6 Å². The van der Waals surface area contributed by atoms with Gasteiger partial charge in [-0.2, -0.15) is 4.31 Å². The van der Waals surface area contributed by atoms with E-state index in [2.05, 4.69) is 10.3 Å². The standard InChI is InChI=1S/C15H23N3O4S/c1-15(2,3)22-14(19)17-12-7-10-18(11-8-12)23(20,21)13-6-4-5-9-16-13/h4-6,9,12H,7-8,10-11H2,1-3H3,(H,17,19). The second kappa shape index (κ2) is 6.84. The molecule has 1 aromatic rings. The largest absolute Gasteiger partial charge is 0.444 e. The number of sulfonamides is 1. The maximum atomic E-state index is 12.5. The van der Waals surface area contributed by atoms with Gasteiger partial charge in [0.2, 0.25) is 0 Å². The number of hydrogen-bond acceptors (Lipinski definition) is 5. The van der Waals surface area contributed by atoms with E-state index in [1.807, 2.05) is 0 Å². The molecule has 0 bridgehead atoms. The van der Waals surface area contributed by atoms with Crippen molar-refractivity contribution in [1.82, 2.24) is 14.6 Å². The number of nitrogens with zero attached hydrogens (tertiary/aromatic N) is 2. The van der Waals surface area contributed by atoms with E-state index in [1.165, 1.54) is 16.6 Å². The van der Waals surface area contributed by atoms with Crippen LogP contribution in [0.5, 0.6) is 0 Å². The first kappa shape index (κ1) is 17.7. The predicted octanol–water partition coefficient (Wildman–Crippen LogP) is 1.76. The van der Waals surface area contributed by atoms with Gasteiger partial charge in [-0.3, -0.25) is 0 Å². The van der Waals surface area contributed by atoms with Crippen LogP contribution in [-0.2, 0) is 14.8 Å². The molecule has 1 aliphatic heterocycles. The van der Waals surface area contributed by atoms with Gasteiger partial charge in [0.15, 0.2) is 5.03 Å². The van der Waals surface area contributed by atoms with Crippen LogP contribution in [0.25, 0.3) is 0 Å². The Morgan fingerprint density at radius 3 is 2.48 bits per heavy atom. The zero-order valence-corrected chi connectivity index (χ0v) is 14.5. The Morgan fingerprint density at radius 1 is 1.30 bits per heavy atom. The summed E-state index contributed by atoms with van der Waals surface area (Å²) in [6.45, 7) is 6.09. The van der Waals surface area contributed by atoms with E-state index in [4.69, 9.17) is 4.74 Å². The molecule has 0 radical (unpaired) electrons. The molecule has 1 amide bonds. The van der Waals surface area contributed by atoms with Crippen molar-refractivity contribution in [3.8, 4) is 0 Å². The second-order valence-electron chi connectivity index (χ2n) is 6.49. The van der Waals surface area contributed by atoms with E-state index in [0.29, 0.717) is 25.9 Å². The summed E-state index contributed by atoms with van der Waals surface area (Å²) in [6.07, 6.45) is 2.09. The van der Waals surface area contributed by atoms with Crippen molar-refractivity contribution in [1.29, 1.82) is 0 Å². The van der Waals surface area contributed by atoms with E-state index in [-0.39, 0.29) is 11.1 Å². The Bertz CT molecular complexity index is 632. The lowest BCUT2D eigenvalue weighted by molar-refractivity contribution is 0.0489.